The van der Waals surface area contributed by atoms with E-state index in [1.54, 1.807) is 6.92 Å². The topological polar surface area (TPSA) is 55.6 Å². The fourth-order valence-corrected chi connectivity index (χ4v) is 2.60. The van der Waals surface area contributed by atoms with Crippen LogP contribution in [0.5, 0.6) is 0 Å². The molecule has 2 N–H and O–H groups in total. The van der Waals surface area contributed by atoms with Crippen LogP contribution in [0.4, 0.5) is 5.69 Å². The number of nitrogens with two attached hydrogens (primary N) is 1. The van der Waals surface area contributed by atoms with Gasteiger partial charge in [-0.25, -0.2) is 0 Å². The summed E-state index contributed by atoms with van der Waals surface area (Å²) in [5.74, 6) is -0.207. The second-order valence-electron chi connectivity index (χ2n) is 3.97. The van der Waals surface area contributed by atoms with Crippen molar-refractivity contribution in [2.75, 3.05) is 25.1 Å². The van der Waals surface area contributed by atoms with Crippen molar-refractivity contribution in [2.45, 2.75) is 13.3 Å². The van der Waals surface area contributed by atoms with E-state index in [9.17, 15) is 4.79 Å². The van der Waals surface area contributed by atoms with Gasteiger partial charge >= 0.3 is 5.97 Å². The molecule has 0 spiro atoms. The molecule has 0 atom stereocenters. The van der Waals surface area contributed by atoms with Crippen molar-refractivity contribution in [2.24, 2.45) is 5.73 Å². The molecule has 0 aliphatic rings. The lowest BCUT2D eigenvalue weighted by Crippen LogP contribution is -2.25. The van der Waals surface area contributed by atoms with Crippen LogP contribution in [0.25, 0.3) is 0 Å². The molecule has 1 rings (SSSR count). The number of carbonyl (C=O) groups is 1. The van der Waals surface area contributed by atoms with Crippen molar-refractivity contribution in [3.63, 3.8) is 0 Å². The Bertz CT molecular complexity index is 480. The maximum atomic E-state index is 11.4. The average Bonchev–Trinajstić information content (AvgIpc) is 2.35. The van der Waals surface area contributed by atoms with E-state index < -0.39 is 0 Å². The first kappa shape index (κ1) is 15.9. The zero-order valence-electron chi connectivity index (χ0n) is 11.0. The Hall–Kier alpha value is -1.14. The number of esters is 1. The molecular formula is C13H17BrN2O2S. The molecule has 0 radical (unpaired) electrons. The smallest absolute Gasteiger partial charge is 0.307 e. The fraction of sp³-hybridized carbons (Fsp3) is 0.385. The van der Waals surface area contributed by atoms with E-state index in [-0.39, 0.29) is 5.97 Å². The molecule has 4 nitrogen and oxygen atoms in total. The molecule has 0 bridgehead atoms. The predicted octanol–water partition coefficient (Wildman–Crippen LogP) is 2.47. The largest absolute Gasteiger partial charge is 0.466 e. The summed E-state index contributed by atoms with van der Waals surface area (Å²) >= 11 is 8.50. The van der Waals surface area contributed by atoms with E-state index in [0.717, 1.165) is 15.7 Å². The highest BCUT2D eigenvalue weighted by Crippen LogP contribution is 2.27. The highest BCUT2D eigenvalue weighted by Gasteiger charge is 2.14. The van der Waals surface area contributed by atoms with E-state index in [0.29, 0.717) is 24.6 Å². The number of benzene rings is 1. The van der Waals surface area contributed by atoms with Gasteiger partial charge in [0.15, 0.2) is 0 Å². The van der Waals surface area contributed by atoms with Crippen LogP contribution >= 0.6 is 28.1 Å². The number of rotatable bonds is 6. The van der Waals surface area contributed by atoms with Crippen molar-refractivity contribution in [1.82, 2.24) is 0 Å². The molecule has 0 unspecified atom stereocenters. The first-order chi connectivity index (χ1) is 8.97. The van der Waals surface area contributed by atoms with Crippen LogP contribution in [0.1, 0.15) is 18.9 Å². The van der Waals surface area contributed by atoms with Gasteiger partial charge in [-0.05, 0) is 35.0 Å². The Balaban J connectivity index is 2.82. The number of halogens is 1. The molecule has 0 aliphatic carbocycles. The quantitative estimate of drug-likeness (QED) is 0.634. The number of anilines is 1. The molecule has 19 heavy (non-hydrogen) atoms. The van der Waals surface area contributed by atoms with Crippen LogP contribution in [-0.4, -0.2) is 31.2 Å². The predicted molar refractivity (Wildman–Crippen MR) is 84.5 cm³/mol. The number of ether oxygens (including phenoxy) is 1. The van der Waals surface area contributed by atoms with Gasteiger partial charge in [-0.1, -0.05) is 18.3 Å². The minimum atomic E-state index is -0.207. The maximum absolute atomic E-state index is 11.4. The molecule has 0 amide bonds. The Kier molecular flexibility index (Phi) is 6.24. The van der Waals surface area contributed by atoms with Gasteiger partial charge in [-0.2, -0.15) is 0 Å². The third-order valence-electron chi connectivity index (χ3n) is 2.61. The van der Waals surface area contributed by atoms with Crippen molar-refractivity contribution in [3.05, 3.63) is 28.2 Å². The molecule has 0 aromatic heterocycles. The molecule has 0 saturated heterocycles. The summed E-state index contributed by atoms with van der Waals surface area (Å²) in [6.45, 7) is 2.74. The van der Waals surface area contributed by atoms with Gasteiger partial charge in [0.1, 0.15) is 4.99 Å². The maximum Gasteiger partial charge on any atom is 0.307 e. The van der Waals surface area contributed by atoms with Crippen LogP contribution < -0.4 is 10.6 Å². The Labute approximate surface area is 127 Å². The molecule has 0 aliphatic heterocycles. The van der Waals surface area contributed by atoms with Crippen molar-refractivity contribution < 1.29 is 9.53 Å². The first-order valence-corrected chi connectivity index (χ1v) is 7.12. The SMILES string of the molecule is CCOC(=O)CCN(C)c1cccc(Br)c1C(N)=S. The van der Waals surface area contributed by atoms with Gasteiger partial charge in [0.2, 0.25) is 0 Å². The lowest BCUT2D eigenvalue weighted by Gasteiger charge is -2.22. The molecule has 1 aromatic carbocycles. The summed E-state index contributed by atoms with van der Waals surface area (Å²) in [6.07, 6.45) is 0.327. The molecule has 0 fully saturated rings. The number of hydrogen-bond donors (Lipinski definition) is 1. The number of hydrogen-bond acceptors (Lipinski definition) is 4. The van der Waals surface area contributed by atoms with Gasteiger partial charge in [0.25, 0.3) is 0 Å². The molecule has 104 valence electrons. The molecular weight excluding hydrogens is 328 g/mol. The van der Waals surface area contributed by atoms with E-state index in [4.69, 9.17) is 22.7 Å². The minimum absolute atomic E-state index is 0.207. The van der Waals surface area contributed by atoms with Crippen molar-refractivity contribution in [1.29, 1.82) is 0 Å². The molecule has 1 aromatic rings. The van der Waals surface area contributed by atoms with Crippen LogP contribution in [-0.2, 0) is 9.53 Å². The summed E-state index contributed by atoms with van der Waals surface area (Å²) in [6, 6.07) is 5.71. The van der Waals surface area contributed by atoms with Crippen molar-refractivity contribution >= 4 is 44.8 Å². The summed E-state index contributed by atoms with van der Waals surface area (Å²) in [4.78, 5) is 13.6. The van der Waals surface area contributed by atoms with Crippen LogP contribution in [0, 0.1) is 0 Å². The first-order valence-electron chi connectivity index (χ1n) is 5.92. The summed E-state index contributed by atoms with van der Waals surface area (Å²) in [5, 5.41) is 0. The van der Waals surface area contributed by atoms with E-state index >= 15 is 0 Å². The normalized spacial score (nSPS) is 10.1. The number of nitrogens with zero attached hydrogens (tertiary/aromatic N) is 1. The van der Waals surface area contributed by atoms with Gasteiger partial charge in [0, 0.05) is 29.3 Å². The van der Waals surface area contributed by atoms with E-state index in [2.05, 4.69) is 15.9 Å². The highest BCUT2D eigenvalue weighted by molar-refractivity contribution is 9.10. The van der Waals surface area contributed by atoms with Gasteiger partial charge in [-0.15, -0.1) is 0 Å². The van der Waals surface area contributed by atoms with Crippen molar-refractivity contribution in [3.8, 4) is 0 Å². The van der Waals surface area contributed by atoms with Crippen LogP contribution in [0.3, 0.4) is 0 Å². The third kappa shape index (κ3) is 4.47. The minimum Gasteiger partial charge on any atom is -0.466 e. The number of carbonyl (C=O) groups excluding carboxylic acids is 1. The fourth-order valence-electron chi connectivity index (χ4n) is 1.69. The summed E-state index contributed by atoms with van der Waals surface area (Å²) < 4.78 is 5.75. The zero-order valence-corrected chi connectivity index (χ0v) is 13.4. The third-order valence-corrected chi connectivity index (χ3v) is 3.47. The lowest BCUT2D eigenvalue weighted by atomic mass is 10.1. The second-order valence-corrected chi connectivity index (χ2v) is 5.27. The lowest BCUT2D eigenvalue weighted by molar-refractivity contribution is -0.142. The summed E-state index contributed by atoms with van der Waals surface area (Å²) in [7, 11) is 1.89. The van der Waals surface area contributed by atoms with Gasteiger partial charge < -0.3 is 15.4 Å². The zero-order chi connectivity index (χ0) is 14.4. The van der Waals surface area contributed by atoms with Gasteiger partial charge in [0.05, 0.1) is 13.0 Å². The summed E-state index contributed by atoms with van der Waals surface area (Å²) in [5.41, 5.74) is 7.42. The monoisotopic (exact) mass is 344 g/mol. The average molecular weight is 345 g/mol. The van der Waals surface area contributed by atoms with Crippen LogP contribution in [0.2, 0.25) is 0 Å². The standard InChI is InChI=1S/C13H17BrN2O2S/c1-3-18-11(17)7-8-16(2)10-6-4-5-9(14)12(10)13(15)19/h4-6H,3,7-8H2,1-2H3,(H2,15,19). The van der Waals surface area contributed by atoms with E-state index in [1.165, 1.54) is 0 Å². The Morgan fingerprint density at radius 3 is 2.79 bits per heavy atom. The van der Waals surface area contributed by atoms with Crippen LogP contribution in [0.15, 0.2) is 22.7 Å². The molecule has 6 heteroatoms. The molecule has 0 saturated carbocycles. The molecule has 0 heterocycles. The highest BCUT2D eigenvalue weighted by atomic mass is 79.9. The Morgan fingerprint density at radius 1 is 1.53 bits per heavy atom. The second kappa shape index (κ2) is 7.45. The van der Waals surface area contributed by atoms with Gasteiger partial charge in [-0.3, -0.25) is 4.79 Å². The Morgan fingerprint density at radius 2 is 2.21 bits per heavy atom. The van der Waals surface area contributed by atoms with E-state index in [1.807, 2.05) is 30.1 Å². The number of thiocarbonyl (C=S) groups is 1.